The van der Waals surface area contributed by atoms with Crippen LogP contribution in [0.1, 0.15) is 18.9 Å². The Balaban J connectivity index is 1.87. The number of carbonyl (C=O) groups excluding carboxylic acids is 1. The average molecular weight is 306 g/mol. The summed E-state index contributed by atoms with van der Waals surface area (Å²) in [5.74, 6) is 0.469. The molecule has 0 aliphatic carbocycles. The smallest absolute Gasteiger partial charge is 0.319 e. The molecule has 0 spiro atoms. The Morgan fingerprint density at radius 3 is 2.91 bits per heavy atom. The standard InChI is InChI=1S/C15H22N4O3/c1-3-18-8-7-12(10-18)9-16-15(20)17-13-5-4-6-14(11(13)2)19(21)22/h4-6,12H,3,7-10H2,1-2H3,(H2,16,17,20)/t12-/m1/s1. The van der Waals surface area contributed by atoms with Crippen LogP contribution in [0.25, 0.3) is 0 Å². The van der Waals surface area contributed by atoms with Crippen molar-refractivity contribution in [2.75, 3.05) is 31.5 Å². The van der Waals surface area contributed by atoms with Gasteiger partial charge in [0.2, 0.25) is 0 Å². The monoisotopic (exact) mass is 306 g/mol. The predicted octanol–water partition coefficient (Wildman–Crippen LogP) is 2.37. The van der Waals surface area contributed by atoms with Crippen molar-refractivity contribution in [3.8, 4) is 0 Å². The molecule has 7 nitrogen and oxygen atoms in total. The summed E-state index contributed by atoms with van der Waals surface area (Å²) in [4.78, 5) is 24.7. The SMILES string of the molecule is CCN1CC[C@H](CNC(=O)Nc2cccc([N+](=O)[O-])c2C)C1. The van der Waals surface area contributed by atoms with E-state index in [2.05, 4.69) is 22.5 Å². The Labute approximate surface area is 129 Å². The first-order valence-electron chi connectivity index (χ1n) is 7.52. The molecule has 1 fully saturated rings. The molecule has 0 unspecified atom stereocenters. The Morgan fingerprint density at radius 2 is 2.27 bits per heavy atom. The van der Waals surface area contributed by atoms with E-state index in [0.717, 1.165) is 26.1 Å². The number of nitro benzene ring substituents is 1. The van der Waals surface area contributed by atoms with Crippen LogP contribution >= 0.6 is 0 Å². The first-order valence-corrected chi connectivity index (χ1v) is 7.52. The largest absolute Gasteiger partial charge is 0.338 e. The van der Waals surface area contributed by atoms with Crippen molar-refractivity contribution in [2.45, 2.75) is 20.3 Å². The number of likely N-dealkylation sites (tertiary alicyclic amines) is 1. The van der Waals surface area contributed by atoms with Gasteiger partial charge in [0, 0.05) is 19.2 Å². The van der Waals surface area contributed by atoms with Crippen LogP contribution in [0.15, 0.2) is 18.2 Å². The topological polar surface area (TPSA) is 87.5 Å². The molecule has 120 valence electrons. The fourth-order valence-corrected chi connectivity index (χ4v) is 2.73. The molecule has 7 heteroatoms. The molecule has 1 aromatic carbocycles. The lowest BCUT2D eigenvalue weighted by Crippen LogP contribution is -2.34. The number of nitrogens with one attached hydrogen (secondary N) is 2. The maximum atomic E-state index is 11.9. The molecule has 0 saturated carbocycles. The predicted molar refractivity (Wildman–Crippen MR) is 85.1 cm³/mol. The van der Waals surface area contributed by atoms with Crippen molar-refractivity contribution in [2.24, 2.45) is 5.92 Å². The van der Waals surface area contributed by atoms with Gasteiger partial charge in [-0.05, 0) is 38.4 Å². The molecule has 0 aromatic heterocycles. The molecule has 2 amide bonds. The minimum absolute atomic E-state index is 0.00665. The van der Waals surface area contributed by atoms with E-state index in [4.69, 9.17) is 0 Å². The highest BCUT2D eigenvalue weighted by Gasteiger charge is 2.21. The van der Waals surface area contributed by atoms with Gasteiger partial charge in [0.15, 0.2) is 0 Å². The second kappa shape index (κ2) is 7.22. The summed E-state index contributed by atoms with van der Waals surface area (Å²) in [6.45, 7) is 7.50. The number of anilines is 1. The Hall–Kier alpha value is -2.15. The molecule has 0 bridgehead atoms. The number of urea groups is 1. The molecule has 0 radical (unpaired) electrons. The minimum atomic E-state index is -0.448. The van der Waals surface area contributed by atoms with Crippen molar-refractivity contribution < 1.29 is 9.72 Å². The summed E-state index contributed by atoms with van der Waals surface area (Å²) in [5, 5.41) is 16.4. The summed E-state index contributed by atoms with van der Waals surface area (Å²) in [7, 11) is 0. The van der Waals surface area contributed by atoms with Gasteiger partial charge in [0.05, 0.1) is 16.2 Å². The van der Waals surface area contributed by atoms with E-state index < -0.39 is 4.92 Å². The highest BCUT2D eigenvalue weighted by molar-refractivity contribution is 5.90. The quantitative estimate of drug-likeness (QED) is 0.646. The van der Waals surface area contributed by atoms with Gasteiger partial charge in [0.1, 0.15) is 0 Å². The molecule has 1 heterocycles. The summed E-state index contributed by atoms with van der Waals surface area (Å²) in [6, 6.07) is 4.34. The number of nitro groups is 1. The maximum absolute atomic E-state index is 11.9. The first-order chi connectivity index (χ1) is 10.5. The first kappa shape index (κ1) is 16.2. The van der Waals surface area contributed by atoms with E-state index in [0.29, 0.717) is 23.7 Å². The zero-order valence-corrected chi connectivity index (χ0v) is 13.0. The zero-order valence-electron chi connectivity index (χ0n) is 13.0. The molecule has 1 aliphatic rings. The van der Waals surface area contributed by atoms with Crippen LogP contribution in [0.2, 0.25) is 0 Å². The third-order valence-corrected chi connectivity index (χ3v) is 4.12. The van der Waals surface area contributed by atoms with Gasteiger partial charge in [-0.15, -0.1) is 0 Å². The highest BCUT2D eigenvalue weighted by Crippen LogP contribution is 2.24. The van der Waals surface area contributed by atoms with E-state index in [-0.39, 0.29) is 11.7 Å². The number of amides is 2. The van der Waals surface area contributed by atoms with Crippen LogP contribution in [-0.2, 0) is 0 Å². The summed E-state index contributed by atoms with van der Waals surface area (Å²) >= 11 is 0. The second-order valence-corrected chi connectivity index (χ2v) is 5.59. The van der Waals surface area contributed by atoms with E-state index >= 15 is 0 Å². The van der Waals surface area contributed by atoms with Crippen molar-refractivity contribution in [3.63, 3.8) is 0 Å². The number of hydrogen-bond acceptors (Lipinski definition) is 4. The van der Waals surface area contributed by atoms with Crippen molar-refractivity contribution in [3.05, 3.63) is 33.9 Å². The fraction of sp³-hybridized carbons (Fsp3) is 0.533. The Bertz CT molecular complexity index is 562. The molecule has 2 rings (SSSR count). The van der Waals surface area contributed by atoms with Crippen LogP contribution in [0.3, 0.4) is 0 Å². The number of carbonyl (C=O) groups is 1. The van der Waals surface area contributed by atoms with E-state index in [1.807, 2.05) is 0 Å². The van der Waals surface area contributed by atoms with Gasteiger partial charge in [-0.25, -0.2) is 4.79 Å². The lowest BCUT2D eigenvalue weighted by Gasteiger charge is -2.14. The van der Waals surface area contributed by atoms with Gasteiger partial charge < -0.3 is 15.5 Å². The Morgan fingerprint density at radius 1 is 1.50 bits per heavy atom. The number of rotatable bonds is 5. The maximum Gasteiger partial charge on any atom is 0.319 e. The third-order valence-electron chi connectivity index (χ3n) is 4.12. The molecule has 2 N–H and O–H groups in total. The average Bonchev–Trinajstić information content (AvgIpc) is 2.95. The minimum Gasteiger partial charge on any atom is -0.338 e. The van der Waals surface area contributed by atoms with Gasteiger partial charge in [-0.3, -0.25) is 10.1 Å². The van der Waals surface area contributed by atoms with Gasteiger partial charge in [0.25, 0.3) is 5.69 Å². The van der Waals surface area contributed by atoms with Gasteiger partial charge in [-0.2, -0.15) is 0 Å². The Kier molecular flexibility index (Phi) is 5.32. The zero-order chi connectivity index (χ0) is 16.1. The highest BCUT2D eigenvalue weighted by atomic mass is 16.6. The molecular weight excluding hydrogens is 284 g/mol. The van der Waals surface area contributed by atoms with Crippen LogP contribution in [0, 0.1) is 23.0 Å². The summed E-state index contributed by atoms with van der Waals surface area (Å²) in [6.07, 6.45) is 1.09. The van der Waals surface area contributed by atoms with Crippen molar-refractivity contribution in [1.82, 2.24) is 10.2 Å². The lowest BCUT2D eigenvalue weighted by molar-refractivity contribution is -0.385. The summed E-state index contributed by atoms with van der Waals surface area (Å²) < 4.78 is 0. The van der Waals surface area contributed by atoms with E-state index in [1.165, 1.54) is 6.07 Å². The van der Waals surface area contributed by atoms with Crippen molar-refractivity contribution in [1.29, 1.82) is 0 Å². The lowest BCUT2D eigenvalue weighted by atomic mass is 10.1. The van der Waals surface area contributed by atoms with Crippen molar-refractivity contribution >= 4 is 17.4 Å². The molecule has 1 aliphatic heterocycles. The van der Waals surface area contributed by atoms with E-state index in [1.54, 1.807) is 19.1 Å². The van der Waals surface area contributed by atoms with E-state index in [9.17, 15) is 14.9 Å². The third kappa shape index (κ3) is 3.94. The molecule has 1 atom stereocenters. The number of nitrogens with zero attached hydrogens (tertiary/aromatic N) is 2. The fourth-order valence-electron chi connectivity index (χ4n) is 2.73. The van der Waals surface area contributed by atoms with Gasteiger partial charge >= 0.3 is 6.03 Å². The molecule has 22 heavy (non-hydrogen) atoms. The molecular formula is C15H22N4O3. The summed E-state index contributed by atoms with van der Waals surface area (Å²) in [5.41, 5.74) is 0.932. The van der Waals surface area contributed by atoms with Crippen LogP contribution in [0.5, 0.6) is 0 Å². The molecule has 1 saturated heterocycles. The second-order valence-electron chi connectivity index (χ2n) is 5.59. The van der Waals surface area contributed by atoms with Gasteiger partial charge in [-0.1, -0.05) is 13.0 Å². The van der Waals surface area contributed by atoms with Crippen LogP contribution in [-0.4, -0.2) is 42.0 Å². The number of benzene rings is 1. The van der Waals surface area contributed by atoms with Crippen LogP contribution < -0.4 is 10.6 Å². The normalized spacial score (nSPS) is 18.2. The van der Waals surface area contributed by atoms with Crippen LogP contribution in [0.4, 0.5) is 16.2 Å². The number of hydrogen-bond donors (Lipinski definition) is 2. The molecule has 1 aromatic rings.